The number of rotatable bonds is 5. The molecular formula is C16H17FN4O2. The van der Waals surface area contributed by atoms with Gasteiger partial charge in [-0.15, -0.1) is 0 Å². The summed E-state index contributed by atoms with van der Waals surface area (Å²) in [5, 5.41) is 5.25. The van der Waals surface area contributed by atoms with E-state index in [0.29, 0.717) is 35.6 Å². The number of nitrogens with zero attached hydrogens (tertiary/aromatic N) is 2. The first-order chi connectivity index (χ1) is 11.0. The third kappa shape index (κ3) is 4.32. The van der Waals surface area contributed by atoms with Crippen LogP contribution in [0.5, 0.6) is 0 Å². The van der Waals surface area contributed by atoms with E-state index in [2.05, 4.69) is 20.6 Å². The van der Waals surface area contributed by atoms with E-state index in [1.165, 1.54) is 37.5 Å². The lowest BCUT2D eigenvalue weighted by Gasteiger charge is -2.09. The third-order valence-corrected chi connectivity index (χ3v) is 3.21. The van der Waals surface area contributed by atoms with Crippen LogP contribution >= 0.6 is 0 Å². The summed E-state index contributed by atoms with van der Waals surface area (Å²) >= 11 is 0. The van der Waals surface area contributed by atoms with Crippen LogP contribution in [0.4, 0.5) is 4.39 Å². The molecule has 0 atom stereocenters. The van der Waals surface area contributed by atoms with Gasteiger partial charge >= 0.3 is 0 Å². The van der Waals surface area contributed by atoms with Crippen LogP contribution in [0.15, 0.2) is 30.5 Å². The largest absolute Gasteiger partial charge is 0.355 e. The molecule has 120 valence electrons. The Labute approximate surface area is 133 Å². The van der Waals surface area contributed by atoms with E-state index in [4.69, 9.17) is 0 Å². The molecule has 0 bridgehead atoms. The molecule has 6 nitrogen and oxygen atoms in total. The van der Waals surface area contributed by atoms with Gasteiger partial charge in [-0.25, -0.2) is 14.4 Å². The van der Waals surface area contributed by atoms with Crippen molar-refractivity contribution in [2.45, 2.75) is 13.3 Å². The molecule has 0 aliphatic carbocycles. The van der Waals surface area contributed by atoms with Crippen LogP contribution in [0.2, 0.25) is 0 Å². The summed E-state index contributed by atoms with van der Waals surface area (Å²) in [6.07, 6.45) is 1.86. The molecule has 1 aromatic heterocycles. The van der Waals surface area contributed by atoms with Gasteiger partial charge in [0.1, 0.15) is 11.6 Å². The summed E-state index contributed by atoms with van der Waals surface area (Å²) in [5.74, 6) is -0.423. The molecule has 7 heteroatoms. The minimum absolute atomic E-state index is 0.273. The molecule has 2 amide bonds. The van der Waals surface area contributed by atoms with Crippen molar-refractivity contribution in [3.8, 4) is 0 Å². The lowest BCUT2D eigenvalue weighted by Crippen LogP contribution is -2.27. The molecule has 2 N–H and O–H groups in total. The van der Waals surface area contributed by atoms with Crippen LogP contribution in [-0.2, 0) is 6.42 Å². The Hall–Kier alpha value is -2.83. The summed E-state index contributed by atoms with van der Waals surface area (Å²) in [6, 6.07) is 5.28. The van der Waals surface area contributed by atoms with Gasteiger partial charge in [0, 0.05) is 31.8 Å². The Morgan fingerprint density at radius 3 is 2.52 bits per heavy atom. The van der Waals surface area contributed by atoms with E-state index < -0.39 is 5.82 Å². The second-order valence-electron chi connectivity index (χ2n) is 4.87. The van der Waals surface area contributed by atoms with Crippen LogP contribution < -0.4 is 10.6 Å². The first kappa shape index (κ1) is 16.5. The molecule has 1 aromatic carbocycles. The molecule has 1 heterocycles. The van der Waals surface area contributed by atoms with Gasteiger partial charge in [-0.05, 0) is 31.2 Å². The monoisotopic (exact) mass is 316 g/mol. The fourth-order valence-corrected chi connectivity index (χ4v) is 2.03. The van der Waals surface area contributed by atoms with Crippen LogP contribution in [0.1, 0.15) is 32.2 Å². The van der Waals surface area contributed by atoms with Gasteiger partial charge < -0.3 is 10.6 Å². The van der Waals surface area contributed by atoms with Gasteiger partial charge in [0.15, 0.2) is 0 Å². The SMILES string of the molecule is CNC(=O)c1cnc(C)nc1CCNC(=O)c1ccc(F)cc1. The minimum Gasteiger partial charge on any atom is -0.355 e. The lowest BCUT2D eigenvalue weighted by atomic mass is 10.1. The van der Waals surface area contributed by atoms with E-state index >= 15 is 0 Å². The molecule has 0 fully saturated rings. The molecule has 0 saturated carbocycles. The molecular weight excluding hydrogens is 299 g/mol. The van der Waals surface area contributed by atoms with Gasteiger partial charge in [-0.3, -0.25) is 9.59 Å². The molecule has 0 radical (unpaired) electrons. The quantitative estimate of drug-likeness (QED) is 0.870. The van der Waals surface area contributed by atoms with Crippen molar-refractivity contribution in [2.75, 3.05) is 13.6 Å². The van der Waals surface area contributed by atoms with Gasteiger partial charge in [-0.1, -0.05) is 0 Å². The van der Waals surface area contributed by atoms with Crippen LogP contribution in [0, 0.1) is 12.7 Å². The second-order valence-corrected chi connectivity index (χ2v) is 4.87. The topological polar surface area (TPSA) is 84.0 Å². The van der Waals surface area contributed by atoms with E-state index in [0.717, 1.165) is 0 Å². The zero-order chi connectivity index (χ0) is 16.8. The van der Waals surface area contributed by atoms with E-state index in [1.807, 2.05) is 0 Å². The molecule has 0 aliphatic heterocycles. The van der Waals surface area contributed by atoms with Crippen LogP contribution in [0.3, 0.4) is 0 Å². The first-order valence-corrected chi connectivity index (χ1v) is 7.09. The zero-order valence-electron chi connectivity index (χ0n) is 12.9. The smallest absolute Gasteiger partial charge is 0.254 e. The molecule has 2 aromatic rings. The Morgan fingerprint density at radius 1 is 1.17 bits per heavy atom. The van der Waals surface area contributed by atoms with Crippen molar-refractivity contribution >= 4 is 11.8 Å². The fraction of sp³-hybridized carbons (Fsp3) is 0.250. The standard InChI is InChI=1S/C16H17FN4O2/c1-10-20-9-13(16(23)18-2)14(21-10)7-8-19-15(22)11-3-5-12(17)6-4-11/h3-6,9H,7-8H2,1-2H3,(H,18,23)(H,19,22). The number of benzene rings is 1. The molecule has 2 rings (SSSR count). The molecule has 0 unspecified atom stereocenters. The Balaban J connectivity index is 2.01. The summed E-state index contributed by atoms with van der Waals surface area (Å²) in [6.45, 7) is 2.03. The normalized spacial score (nSPS) is 10.2. The highest BCUT2D eigenvalue weighted by Gasteiger charge is 2.13. The Kier molecular flexibility index (Phi) is 5.35. The Morgan fingerprint density at radius 2 is 1.87 bits per heavy atom. The number of carbonyl (C=O) groups excluding carboxylic acids is 2. The number of aryl methyl sites for hydroxylation is 1. The van der Waals surface area contributed by atoms with Crippen molar-refractivity contribution in [1.29, 1.82) is 0 Å². The van der Waals surface area contributed by atoms with Crippen LogP contribution in [-0.4, -0.2) is 35.4 Å². The molecule has 0 aliphatic rings. The fourth-order valence-electron chi connectivity index (χ4n) is 2.03. The number of hydrogen-bond acceptors (Lipinski definition) is 4. The average molecular weight is 316 g/mol. The summed E-state index contributed by atoms with van der Waals surface area (Å²) in [4.78, 5) is 32.0. The van der Waals surface area contributed by atoms with Gasteiger partial charge in [-0.2, -0.15) is 0 Å². The maximum atomic E-state index is 12.8. The number of carbonyl (C=O) groups is 2. The second kappa shape index (κ2) is 7.44. The average Bonchev–Trinajstić information content (AvgIpc) is 2.55. The highest BCUT2D eigenvalue weighted by atomic mass is 19.1. The maximum absolute atomic E-state index is 12.8. The molecule has 0 spiro atoms. The maximum Gasteiger partial charge on any atom is 0.254 e. The Bertz CT molecular complexity index is 717. The molecule has 23 heavy (non-hydrogen) atoms. The summed E-state index contributed by atoms with van der Waals surface area (Å²) in [5.41, 5.74) is 1.32. The van der Waals surface area contributed by atoms with Gasteiger partial charge in [0.25, 0.3) is 11.8 Å². The number of nitrogens with one attached hydrogen (secondary N) is 2. The van der Waals surface area contributed by atoms with Gasteiger partial charge in [0.2, 0.25) is 0 Å². The van der Waals surface area contributed by atoms with Crippen molar-refractivity contribution in [3.05, 3.63) is 58.9 Å². The highest BCUT2D eigenvalue weighted by Crippen LogP contribution is 2.07. The zero-order valence-corrected chi connectivity index (χ0v) is 12.9. The van der Waals surface area contributed by atoms with E-state index in [1.54, 1.807) is 6.92 Å². The van der Waals surface area contributed by atoms with Crippen molar-refractivity contribution in [2.24, 2.45) is 0 Å². The minimum atomic E-state index is -0.395. The highest BCUT2D eigenvalue weighted by molar-refractivity contribution is 5.95. The van der Waals surface area contributed by atoms with Crippen molar-refractivity contribution < 1.29 is 14.0 Å². The number of halogens is 1. The van der Waals surface area contributed by atoms with E-state index in [-0.39, 0.29) is 11.8 Å². The van der Waals surface area contributed by atoms with Gasteiger partial charge in [0.05, 0.1) is 11.3 Å². The lowest BCUT2D eigenvalue weighted by molar-refractivity contribution is 0.0952. The first-order valence-electron chi connectivity index (χ1n) is 7.09. The summed E-state index contributed by atoms with van der Waals surface area (Å²) in [7, 11) is 1.53. The van der Waals surface area contributed by atoms with Crippen molar-refractivity contribution in [1.82, 2.24) is 20.6 Å². The number of hydrogen-bond donors (Lipinski definition) is 2. The van der Waals surface area contributed by atoms with Crippen molar-refractivity contribution in [3.63, 3.8) is 0 Å². The number of aromatic nitrogens is 2. The summed E-state index contributed by atoms with van der Waals surface area (Å²) < 4.78 is 12.8. The predicted molar refractivity (Wildman–Crippen MR) is 82.6 cm³/mol. The third-order valence-electron chi connectivity index (χ3n) is 3.21. The van der Waals surface area contributed by atoms with E-state index in [9.17, 15) is 14.0 Å². The predicted octanol–water partition coefficient (Wildman–Crippen LogP) is 1.26. The number of amides is 2. The molecule has 0 saturated heterocycles. The van der Waals surface area contributed by atoms with Crippen LogP contribution in [0.25, 0.3) is 0 Å².